The van der Waals surface area contributed by atoms with E-state index in [2.05, 4.69) is 26.9 Å². The molecule has 1 aliphatic heterocycles. The first-order valence-corrected chi connectivity index (χ1v) is 6.73. The molecule has 0 aromatic heterocycles. The van der Waals surface area contributed by atoms with E-state index in [1.807, 2.05) is 12.1 Å². The lowest BCUT2D eigenvalue weighted by molar-refractivity contribution is -0.121. The minimum atomic E-state index is -0.187. The Morgan fingerprint density at radius 3 is 2.94 bits per heavy atom. The number of hydrogen-bond acceptors (Lipinski definition) is 3. The first-order chi connectivity index (χ1) is 8.60. The SMILES string of the molecule is COc1ccc(CN2CCC(C(N)=O)C2)cc1Br. The van der Waals surface area contributed by atoms with Crippen molar-refractivity contribution in [3.05, 3.63) is 28.2 Å². The Kier molecular flexibility index (Phi) is 4.24. The van der Waals surface area contributed by atoms with Crippen molar-refractivity contribution in [2.75, 3.05) is 20.2 Å². The maximum atomic E-state index is 11.1. The van der Waals surface area contributed by atoms with Gasteiger partial charge >= 0.3 is 0 Å². The van der Waals surface area contributed by atoms with Gasteiger partial charge in [0.1, 0.15) is 5.75 Å². The number of halogens is 1. The fraction of sp³-hybridized carbons (Fsp3) is 0.462. The number of amides is 1. The van der Waals surface area contributed by atoms with E-state index in [1.165, 1.54) is 5.56 Å². The van der Waals surface area contributed by atoms with Crippen LogP contribution in [0, 0.1) is 5.92 Å². The van der Waals surface area contributed by atoms with Gasteiger partial charge in [-0.3, -0.25) is 9.69 Å². The van der Waals surface area contributed by atoms with Gasteiger partial charge in [-0.05, 0) is 46.6 Å². The number of nitrogens with zero attached hydrogens (tertiary/aromatic N) is 1. The van der Waals surface area contributed by atoms with Gasteiger partial charge in [0, 0.05) is 13.1 Å². The van der Waals surface area contributed by atoms with Crippen molar-refractivity contribution in [2.45, 2.75) is 13.0 Å². The molecular weight excluding hydrogens is 296 g/mol. The molecule has 1 aliphatic rings. The average Bonchev–Trinajstić information content (AvgIpc) is 2.78. The molecule has 4 nitrogen and oxygen atoms in total. The van der Waals surface area contributed by atoms with Crippen LogP contribution >= 0.6 is 15.9 Å². The molecule has 1 saturated heterocycles. The van der Waals surface area contributed by atoms with E-state index >= 15 is 0 Å². The number of benzene rings is 1. The number of rotatable bonds is 4. The van der Waals surface area contributed by atoms with E-state index in [0.717, 1.165) is 36.3 Å². The van der Waals surface area contributed by atoms with Gasteiger partial charge in [0.05, 0.1) is 17.5 Å². The Morgan fingerprint density at radius 2 is 2.39 bits per heavy atom. The van der Waals surface area contributed by atoms with Gasteiger partial charge in [-0.25, -0.2) is 0 Å². The van der Waals surface area contributed by atoms with Crippen LogP contribution in [0.3, 0.4) is 0 Å². The van der Waals surface area contributed by atoms with E-state index in [9.17, 15) is 4.79 Å². The predicted octanol–water partition coefficient (Wildman–Crippen LogP) is 1.76. The van der Waals surface area contributed by atoms with Crippen LogP contribution in [0.2, 0.25) is 0 Å². The zero-order valence-corrected chi connectivity index (χ0v) is 11.9. The summed E-state index contributed by atoms with van der Waals surface area (Å²) >= 11 is 3.47. The largest absolute Gasteiger partial charge is 0.496 e. The number of ether oxygens (including phenoxy) is 1. The van der Waals surface area contributed by atoms with Crippen LogP contribution in [0.5, 0.6) is 5.75 Å². The van der Waals surface area contributed by atoms with Crippen LogP contribution in [-0.4, -0.2) is 31.0 Å². The fourth-order valence-electron chi connectivity index (χ4n) is 2.27. The second-order valence-electron chi connectivity index (χ2n) is 4.59. The quantitative estimate of drug-likeness (QED) is 0.921. The van der Waals surface area contributed by atoms with Gasteiger partial charge in [0.25, 0.3) is 0 Å². The monoisotopic (exact) mass is 312 g/mol. The second kappa shape index (κ2) is 5.71. The molecular formula is C13H17BrN2O2. The standard InChI is InChI=1S/C13H17BrN2O2/c1-18-12-3-2-9(6-11(12)14)7-16-5-4-10(8-16)13(15)17/h2-3,6,10H,4-5,7-8H2,1H3,(H2,15,17). The number of nitrogens with two attached hydrogens (primary N) is 1. The van der Waals surface area contributed by atoms with Crippen molar-refractivity contribution in [3.63, 3.8) is 0 Å². The molecule has 98 valence electrons. The fourth-order valence-corrected chi connectivity index (χ4v) is 2.86. The molecule has 0 radical (unpaired) electrons. The van der Waals surface area contributed by atoms with Crippen LogP contribution in [0.4, 0.5) is 0 Å². The van der Waals surface area contributed by atoms with E-state index in [-0.39, 0.29) is 11.8 Å². The normalized spacial score (nSPS) is 20.0. The Bertz CT molecular complexity index is 451. The number of primary amides is 1. The molecule has 18 heavy (non-hydrogen) atoms. The van der Waals surface area contributed by atoms with Crippen molar-refractivity contribution < 1.29 is 9.53 Å². The lowest BCUT2D eigenvalue weighted by Gasteiger charge is -2.16. The summed E-state index contributed by atoms with van der Waals surface area (Å²) in [5.41, 5.74) is 6.53. The second-order valence-corrected chi connectivity index (χ2v) is 5.45. The van der Waals surface area contributed by atoms with Crippen LogP contribution < -0.4 is 10.5 Å². The first-order valence-electron chi connectivity index (χ1n) is 5.94. The number of carbonyl (C=O) groups excluding carboxylic acids is 1. The van der Waals surface area contributed by atoms with E-state index in [0.29, 0.717) is 0 Å². The van der Waals surface area contributed by atoms with Crippen LogP contribution in [0.15, 0.2) is 22.7 Å². The summed E-state index contributed by atoms with van der Waals surface area (Å²) in [5.74, 6) is 0.648. The highest BCUT2D eigenvalue weighted by atomic mass is 79.9. The summed E-state index contributed by atoms with van der Waals surface area (Å²) in [7, 11) is 1.65. The van der Waals surface area contributed by atoms with Crippen molar-refractivity contribution >= 4 is 21.8 Å². The molecule has 1 aromatic rings. The number of methoxy groups -OCH3 is 1. The van der Waals surface area contributed by atoms with Crippen molar-refractivity contribution in [2.24, 2.45) is 11.7 Å². The molecule has 1 unspecified atom stereocenters. The molecule has 1 atom stereocenters. The van der Waals surface area contributed by atoms with E-state index in [4.69, 9.17) is 10.5 Å². The van der Waals surface area contributed by atoms with Gasteiger partial charge in [0.15, 0.2) is 0 Å². The van der Waals surface area contributed by atoms with Crippen molar-refractivity contribution in [3.8, 4) is 5.75 Å². The molecule has 1 amide bonds. The Labute approximate surface area is 115 Å². The molecule has 1 fully saturated rings. The third-order valence-electron chi connectivity index (χ3n) is 3.30. The first kappa shape index (κ1) is 13.4. The van der Waals surface area contributed by atoms with Crippen molar-refractivity contribution in [1.29, 1.82) is 0 Å². The van der Waals surface area contributed by atoms with Gasteiger partial charge in [-0.2, -0.15) is 0 Å². The summed E-state index contributed by atoms with van der Waals surface area (Å²) in [6.07, 6.45) is 0.868. The number of carbonyl (C=O) groups is 1. The molecule has 2 rings (SSSR count). The summed E-state index contributed by atoms with van der Waals surface area (Å²) in [4.78, 5) is 13.4. The molecule has 0 aliphatic carbocycles. The Morgan fingerprint density at radius 1 is 1.61 bits per heavy atom. The lowest BCUT2D eigenvalue weighted by atomic mass is 10.1. The molecule has 5 heteroatoms. The maximum Gasteiger partial charge on any atom is 0.221 e. The molecule has 2 N–H and O–H groups in total. The van der Waals surface area contributed by atoms with Gasteiger partial charge in [-0.1, -0.05) is 6.07 Å². The van der Waals surface area contributed by atoms with Gasteiger partial charge < -0.3 is 10.5 Å². The predicted molar refractivity (Wildman–Crippen MR) is 73.3 cm³/mol. The Balaban J connectivity index is 1.98. The minimum Gasteiger partial charge on any atom is -0.496 e. The number of hydrogen-bond donors (Lipinski definition) is 1. The van der Waals surface area contributed by atoms with Gasteiger partial charge in [0.2, 0.25) is 5.91 Å². The zero-order chi connectivity index (χ0) is 13.1. The highest BCUT2D eigenvalue weighted by molar-refractivity contribution is 9.10. The third-order valence-corrected chi connectivity index (χ3v) is 3.92. The van der Waals surface area contributed by atoms with Gasteiger partial charge in [-0.15, -0.1) is 0 Å². The van der Waals surface area contributed by atoms with Crippen LogP contribution in [0.25, 0.3) is 0 Å². The smallest absolute Gasteiger partial charge is 0.221 e. The molecule has 0 saturated carbocycles. The third kappa shape index (κ3) is 3.03. The van der Waals surface area contributed by atoms with E-state index < -0.39 is 0 Å². The molecule has 1 heterocycles. The summed E-state index contributed by atoms with van der Waals surface area (Å²) in [6, 6.07) is 6.04. The summed E-state index contributed by atoms with van der Waals surface area (Å²) < 4.78 is 6.15. The minimum absolute atomic E-state index is 0.00619. The highest BCUT2D eigenvalue weighted by Crippen LogP contribution is 2.27. The molecule has 0 spiro atoms. The Hall–Kier alpha value is -1.07. The highest BCUT2D eigenvalue weighted by Gasteiger charge is 2.26. The number of likely N-dealkylation sites (tertiary alicyclic amines) is 1. The molecule has 0 bridgehead atoms. The van der Waals surface area contributed by atoms with Crippen LogP contribution in [0.1, 0.15) is 12.0 Å². The van der Waals surface area contributed by atoms with Crippen LogP contribution in [-0.2, 0) is 11.3 Å². The zero-order valence-electron chi connectivity index (χ0n) is 10.4. The topological polar surface area (TPSA) is 55.6 Å². The summed E-state index contributed by atoms with van der Waals surface area (Å²) in [6.45, 7) is 2.53. The van der Waals surface area contributed by atoms with E-state index in [1.54, 1.807) is 7.11 Å². The summed E-state index contributed by atoms with van der Waals surface area (Å²) in [5, 5.41) is 0. The van der Waals surface area contributed by atoms with Crippen molar-refractivity contribution in [1.82, 2.24) is 4.90 Å². The average molecular weight is 313 g/mol. The molecule has 1 aromatic carbocycles. The maximum absolute atomic E-state index is 11.1. The lowest BCUT2D eigenvalue weighted by Crippen LogP contribution is -2.27.